The van der Waals surface area contributed by atoms with E-state index in [1.165, 1.54) is 0 Å². The van der Waals surface area contributed by atoms with Crippen LogP contribution in [0.5, 0.6) is 0 Å². The van der Waals surface area contributed by atoms with Gasteiger partial charge in [0, 0.05) is 24.4 Å². The van der Waals surface area contributed by atoms with Gasteiger partial charge in [-0.15, -0.1) is 24.8 Å². The van der Waals surface area contributed by atoms with Crippen LogP contribution in [0.2, 0.25) is 0 Å². The molecule has 6 heteroatoms. The molecule has 1 aromatic heterocycles. The highest BCUT2D eigenvalue weighted by molar-refractivity contribution is 5.85. The van der Waals surface area contributed by atoms with Crippen molar-refractivity contribution >= 4 is 24.8 Å². The molecule has 0 saturated heterocycles. The van der Waals surface area contributed by atoms with Crippen molar-refractivity contribution in [3.8, 4) is 0 Å². The molecule has 1 aromatic rings. The van der Waals surface area contributed by atoms with Gasteiger partial charge in [0.15, 0.2) is 0 Å². The van der Waals surface area contributed by atoms with Crippen molar-refractivity contribution < 1.29 is 4.39 Å². The summed E-state index contributed by atoms with van der Waals surface area (Å²) in [5, 5.41) is 0. The van der Waals surface area contributed by atoms with E-state index in [1.54, 1.807) is 12.5 Å². The first-order valence-electron chi connectivity index (χ1n) is 3.11. The number of nitrogens with zero attached hydrogens (tertiary/aromatic N) is 1. The highest BCUT2D eigenvalue weighted by Crippen LogP contribution is 1.95. The molecule has 0 aliphatic heterocycles. The number of nitrogens with one attached hydrogen (secondary N) is 1. The third kappa shape index (κ3) is 4.54. The van der Waals surface area contributed by atoms with Crippen LogP contribution in [0, 0.1) is 0 Å². The Morgan fingerprint density at radius 1 is 1.58 bits per heavy atom. The summed E-state index contributed by atoms with van der Waals surface area (Å²) in [5.41, 5.74) is 6.22. The zero-order chi connectivity index (χ0) is 7.40. The fraction of sp³-hybridized carbons (Fsp3) is 0.500. The van der Waals surface area contributed by atoms with Crippen LogP contribution in [0.3, 0.4) is 0 Å². The van der Waals surface area contributed by atoms with Crippen LogP contribution in [0.1, 0.15) is 5.69 Å². The van der Waals surface area contributed by atoms with Crippen LogP contribution in [0.4, 0.5) is 4.39 Å². The summed E-state index contributed by atoms with van der Waals surface area (Å²) in [4.78, 5) is 6.62. The van der Waals surface area contributed by atoms with Crippen molar-refractivity contribution in [1.82, 2.24) is 9.97 Å². The zero-order valence-corrected chi connectivity index (χ0v) is 8.00. The van der Waals surface area contributed by atoms with Crippen molar-refractivity contribution in [2.45, 2.75) is 12.5 Å². The third-order valence-electron chi connectivity index (χ3n) is 1.24. The second-order valence-corrected chi connectivity index (χ2v) is 2.20. The summed E-state index contributed by atoms with van der Waals surface area (Å²) in [6, 6.07) is -0.402. The molecule has 0 unspecified atom stereocenters. The third-order valence-corrected chi connectivity index (χ3v) is 1.24. The predicted octanol–water partition coefficient (Wildman–Crippen LogP) is 1.09. The van der Waals surface area contributed by atoms with Crippen molar-refractivity contribution in [2.24, 2.45) is 5.73 Å². The van der Waals surface area contributed by atoms with Gasteiger partial charge in [-0.1, -0.05) is 0 Å². The molecule has 0 bridgehead atoms. The molecule has 1 atom stereocenters. The van der Waals surface area contributed by atoms with E-state index in [-0.39, 0.29) is 24.8 Å². The Morgan fingerprint density at radius 3 is 2.67 bits per heavy atom. The van der Waals surface area contributed by atoms with E-state index >= 15 is 0 Å². The Kier molecular flexibility index (Phi) is 8.69. The van der Waals surface area contributed by atoms with Gasteiger partial charge < -0.3 is 10.7 Å². The number of aromatic amines is 1. The molecule has 3 N–H and O–H groups in total. The van der Waals surface area contributed by atoms with Crippen molar-refractivity contribution in [3.63, 3.8) is 0 Å². The fourth-order valence-electron chi connectivity index (χ4n) is 0.733. The maximum Gasteiger partial charge on any atom is 0.105 e. The van der Waals surface area contributed by atoms with Gasteiger partial charge in [0.1, 0.15) is 6.67 Å². The molecular formula is C6H12Cl2FN3. The van der Waals surface area contributed by atoms with Gasteiger partial charge in [0.25, 0.3) is 0 Å². The Balaban J connectivity index is 0. The summed E-state index contributed by atoms with van der Waals surface area (Å²) < 4.78 is 11.8. The molecule has 0 aliphatic rings. The first-order chi connectivity index (χ1) is 4.83. The van der Waals surface area contributed by atoms with E-state index in [2.05, 4.69) is 9.97 Å². The Morgan fingerprint density at radius 2 is 2.25 bits per heavy atom. The second-order valence-electron chi connectivity index (χ2n) is 2.20. The maximum atomic E-state index is 11.8. The minimum absolute atomic E-state index is 0. The molecule has 0 spiro atoms. The quantitative estimate of drug-likeness (QED) is 0.794. The number of hydrogen-bond acceptors (Lipinski definition) is 2. The van der Waals surface area contributed by atoms with E-state index in [0.29, 0.717) is 6.42 Å². The van der Waals surface area contributed by atoms with Crippen molar-refractivity contribution in [3.05, 3.63) is 18.2 Å². The lowest BCUT2D eigenvalue weighted by Crippen LogP contribution is -2.24. The monoisotopic (exact) mass is 215 g/mol. The number of imidazole rings is 1. The lowest BCUT2D eigenvalue weighted by Gasteiger charge is -2.02. The predicted molar refractivity (Wildman–Crippen MR) is 50.7 cm³/mol. The molecule has 72 valence electrons. The zero-order valence-electron chi connectivity index (χ0n) is 6.37. The standard InChI is InChI=1S/C6H10FN3.2ClH/c7-2-5(8)1-6-3-9-4-10-6;;/h3-5H,1-2,8H2,(H,9,10);2*1H/t5-;;/m0../s1. The van der Waals surface area contributed by atoms with E-state index in [9.17, 15) is 4.39 Å². The van der Waals surface area contributed by atoms with Gasteiger partial charge in [0.05, 0.1) is 6.33 Å². The molecule has 0 aliphatic carbocycles. The number of aromatic nitrogens is 2. The number of nitrogens with two attached hydrogens (primary N) is 1. The maximum absolute atomic E-state index is 11.8. The van der Waals surface area contributed by atoms with Gasteiger partial charge in [-0.2, -0.15) is 0 Å². The van der Waals surface area contributed by atoms with E-state index in [0.717, 1.165) is 5.69 Å². The highest BCUT2D eigenvalue weighted by atomic mass is 35.5. The topological polar surface area (TPSA) is 54.7 Å². The van der Waals surface area contributed by atoms with Crippen LogP contribution >= 0.6 is 24.8 Å². The first kappa shape index (κ1) is 14.2. The molecule has 0 saturated carbocycles. The number of halogens is 3. The number of hydrogen-bond donors (Lipinski definition) is 2. The van der Waals surface area contributed by atoms with E-state index in [4.69, 9.17) is 5.73 Å². The lowest BCUT2D eigenvalue weighted by molar-refractivity contribution is 0.425. The number of H-pyrrole nitrogens is 1. The summed E-state index contributed by atoms with van der Waals surface area (Å²) in [6.07, 6.45) is 3.73. The average Bonchev–Trinajstić information content (AvgIpc) is 2.40. The highest BCUT2D eigenvalue weighted by Gasteiger charge is 2.02. The normalized spacial score (nSPS) is 11.2. The Hall–Kier alpha value is -0.320. The summed E-state index contributed by atoms with van der Waals surface area (Å²) in [5.74, 6) is 0. The Bertz CT molecular complexity index is 181. The minimum atomic E-state index is -0.487. The van der Waals surface area contributed by atoms with Crippen LogP contribution in [-0.2, 0) is 6.42 Å². The summed E-state index contributed by atoms with van der Waals surface area (Å²) >= 11 is 0. The number of alkyl halides is 1. The van der Waals surface area contributed by atoms with Gasteiger partial charge in [-0.25, -0.2) is 9.37 Å². The van der Waals surface area contributed by atoms with Crippen LogP contribution in [0.15, 0.2) is 12.5 Å². The van der Waals surface area contributed by atoms with Crippen molar-refractivity contribution in [2.75, 3.05) is 6.67 Å². The van der Waals surface area contributed by atoms with Crippen LogP contribution < -0.4 is 5.73 Å². The molecule has 0 fully saturated rings. The fourth-order valence-corrected chi connectivity index (χ4v) is 0.733. The molecule has 1 heterocycles. The van der Waals surface area contributed by atoms with Crippen molar-refractivity contribution in [1.29, 1.82) is 0 Å². The minimum Gasteiger partial charge on any atom is -0.348 e. The lowest BCUT2D eigenvalue weighted by atomic mass is 10.2. The molecule has 0 amide bonds. The molecular weight excluding hydrogens is 204 g/mol. The molecule has 0 aromatic carbocycles. The second kappa shape index (κ2) is 7.34. The molecule has 12 heavy (non-hydrogen) atoms. The summed E-state index contributed by atoms with van der Waals surface area (Å²) in [7, 11) is 0. The molecule has 3 nitrogen and oxygen atoms in total. The van der Waals surface area contributed by atoms with Crippen LogP contribution in [0.25, 0.3) is 0 Å². The largest absolute Gasteiger partial charge is 0.348 e. The SMILES string of the molecule is Cl.Cl.N[C@H](CF)Cc1cnc[nH]1. The van der Waals surface area contributed by atoms with E-state index < -0.39 is 12.7 Å². The Labute approximate surface area is 82.8 Å². The summed E-state index contributed by atoms with van der Waals surface area (Å²) in [6.45, 7) is -0.487. The van der Waals surface area contributed by atoms with Gasteiger partial charge in [-0.05, 0) is 0 Å². The van der Waals surface area contributed by atoms with Crippen LogP contribution in [-0.4, -0.2) is 22.7 Å². The smallest absolute Gasteiger partial charge is 0.105 e. The number of rotatable bonds is 3. The van der Waals surface area contributed by atoms with Gasteiger partial charge in [-0.3, -0.25) is 0 Å². The van der Waals surface area contributed by atoms with Gasteiger partial charge >= 0.3 is 0 Å². The molecule has 0 radical (unpaired) electrons. The van der Waals surface area contributed by atoms with E-state index in [1.807, 2.05) is 0 Å². The molecule has 1 rings (SSSR count). The first-order valence-corrected chi connectivity index (χ1v) is 3.11. The van der Waals surface area contributed by atoms with Gasteiger partial charge in [0.2, 0.25) is 0 Å². The average molecular weight is 216 g/mol.